The molecule has 0 saturated heterocycles. The van der Waals surface area contributed by atoms with Gasteiger partial charge in [0.15, 0.2) is 9.84 Å². The molecule has 0 fully saturated rings. The van der Waals surface area contributed by atoms with Crippen LogP contribution in [0.15, 0.2) is 24.3 Å². The number of hydrogen-bond donors (Lipinski definition) is 1. The molecule has 1 rings (SSSR count). The Morgan fingerprint density at radius 2 is 2.00 bits per heavy atom. The summed E-state index contributed by atoms with van der Waals surface area (Å²) in [6.07, 6.45) is 1.65. The van der Waals surface area contributed by atoms with Crippen molar-refractivity contribution in [2.24, 2.45) is 0 Å². The van der Waals surface area contributed by atoms with Gasteiger partial charge in [-0.05, 0) is 44.9 Å². The maximum absolute atomic E-state index is 12.1. The molecular formula is C14H20ClNO3S. The predicted octanol–water partition coefficient (Wildman–Crippen LogP) is 2.21. The first kappa shape index (κ1) is 17.0. The smallest absolute Gasteiger partial charge is 0.241 e. The molecule has 0 radical (unpaired) electrons. The fraction of sp³-hybridized carbons (Fsp3) is 0.500. The fourth-order valence-electron chi connectivity index (χ4n) is 1.63. The molecule has 1 atom stereocenters. The lowest BCUT2D eigenvalue weighted by Crippen LogP contribution is -2.50. The van der Waals surface area contributed by atoms with Gasteiger partial charge in [-0.1, -0.05) is 23.7 Å². The van der Waals surface area contributed by atoms with Gasteiger partial charge in [0.1, 0.15) is 4.75 Å². The molecule has 6 heteroatoms. The number of rotatable bonds is 5. The third-order valence-corrected chi connectivity index (χ3v) is 5.56. The topological polar surface area (TPSA) is 63.2 Å². The molecule has 1 N–H and O–H groups in total. The van der Waals surface area contributed by atoms with Crippen molar-refractivity contribution in [3.63, 3.8) is 0 Å². The molecule has 0 aliphatic carbocycles. The summed E-state index contributed by atoms with van der Waals surface area (Å²) in [6, 6.07) is 7.18. The van der Waals surface area contributed by atoms with E-state index in [4.69, 9.17) is 11.6 Å². The van der Waals surface area contributed by atoms with Crippen LogP contribution in [-0.4, -0.2) is 31.4 Å². The van der Waals surface area contributed by atoms with E-state index in [-0.39, 0.29) is 6.04 Å². The summed E-state index contributed by atoms with van der Waals surface area (Å²) in [5.41, 5.74) is 0.988. The van der Waals surface area contributed by atoms with E-state index in [1.807, 2.05) is 25.1 Å². The number of hydrogen-bond acceptors (Lipinski definition) is 3. The standard InChI is InChI=1S/C14H20ClNO3S/c1-10(8-11-6-5-7-12(15)9-11)16-13(17)14(2,3)20(4,18)19/h5-7,9-10H,8H2,1-4H3,(H,16,17)/t10-/m1/s1. The summed E-state index contributed by atoms with van der Waals surface area (Å²) in [7, 11) is -3.46. The number of sulfone groups is 1. The number of amides is 1. The second-order valence-electron chi connectivity index (χ2n) is 5.49. The minimum atomic E-state index is -3.46. The number of benzene rings is 1. The molecule has 0 saturated carbocycles. The lowest BCUT2D eigenvalue weighted by Gasteiger charge is -2.24. The number of halogens is 1. The Labute approximate surface area is 125 Å². The summed E-state index contributed by atoms with van der Waals surface area (Å²) >= 11 is 5.90. The first-order valence-electron chi connectivity index (χ1n) is 6.29. The Bertz CT molecular complexity index is 596. The van der Waals surface area contributed by atoms with Gasteiger partial charge in [-0.2, -0.15) is 0 Å². The van der Waals surface area contributed by atoms with Crippen molar-refractivity contribution in [1.82, 2.24) is 5.32 Å². The van der Waals surface area contributed by atoms with Gasteiger partial charge in [0.05, 0.1) is 0 Å². The summed E-state index contributed by atoms with van der Waals surface area (Å²) < 4.78 is 21.8. The van der Waals surface area contributed by atoms with Crippen molar-refractivity contribution in [2.45, 2.75) is 38.0 Å². The highest BCUT2D eigenvalue weighted by Gasteiger charge is 2.38. The third-order valence-electron chi connectivity index (χ3n) is 3.28. The minimum absolute atomic E-state index is 0.179. The van der Waals surface area contributed by atoms with Crippen LogP contribution in [0.4, 0.5) is 0 Å². The van der Waals surface area contributed by atoms with Gasteiger partial charge in [0.2, 0.25) is 5.91 Å². The SMILES string of the molecule is C[C@H](Cc1cccc(Cl)c1)NC(=O)C(C)(C)S(C)(=O)=O. The predicted molar refractivity (Wildman–Crippen MR) is 81.7 cm³/mol. The van der Waals surface area contributed by atoms with E-state index in [0.29, 0.717) is 11.4 Å². The quantitative estimate of drug-likeness (QED) is 0.905. The molecule has 0 heterocycles. The molecule has 0 aliphatic rings. The highest BCUT2D eigenvalue weighted by atomic mass is 35.5. The molecule has 1 amide bonds. The highest BCUT2D eigenvalue weighted by molar-refractivity contribution is 7.92. The molecule has 20 heavy (non-hydrogen) atoms. The Hall–Kier alpha value is -1.07. The molecule has 4 nitrogen and oxygen atoms in total. The average Bonchev–Trinajstić information content (AvgIpc) is 2.26. The molecule has 0 unspecified atom stereocenters. The summed E-state index contributed by atoms with van der Waals surface area (Å²) in [5.74, 6) is -0.491. The third kappa shape index (κ3) is 4.21. The summed E-state index contributed by atoms with van der Waals surface area (Å²) in [4.78, 5) is 12.1. The first-order valence-corrected chi connectivity index (χ1v) is 8.56. The maximum atomic E-state index is 12.1. The minimum Gasteiger partial charge on any atom is -0.352 e. The zero-order chi connectivity index (χ0) is 15.6. The summed E-state index contributed by atoms with van der Waals surface area (Å²) in [5, 5.41) is 3.37. The van der Waals surface area contributed by atoms with Gasteiger partial charge >= 0.3 is 0 Å². The fourth-order valence-corrected chi connectivity index (χ4v) is 2.24. The van der Waals surface area contributed by atoms with Gasteiger partial charge in [-0.25, -0.2) is 8.42 Å². The van der Waals surface area contributed by atoms with Gasteiger partial charge in [-0.3, -0.25) is 4.79 Å². The van der Waals surface area contributed by atoms with Crippen LogP contribution in [0, 0.1) is 0 Å². The lowest BCUT2D eigenvalue weighted by atomic mass is 10.1. The van der Waals surface area contributed by atoms with Crippen molar-refractivity contribution in [3.8, 4) is 0 Å². The zero-order valence-corrected chi connectivity index (χ0v) is 13.7. The molecule has 1 aromatic carbocycles. The zero-order valence-electron chi connectivity index (χ0n) is 12.1. The second-order valence-corrected chi connectivity index (χ2v) is 8.49. The Morgan fingerprint density at radius 3 is 2.50 bits per heavy atom. The molecule has 0 spiro atoms. The first-order chi connectivity index (χ1) is 9.04. The van der Waals surface area contributed by atoms with Crippen molar-refractivity contribution in [2.75, 3.05) is 6.26 Å². The van der Waals surface area contributed by atoms with Crippen molar-refractivity contribution in [3.05, 3.63) is 34.9 Å². The highest BCUT2D eigenvalue weighted by Crippen LogP contribution is 2.16. The van der Waals surface area contributed by atoms with E-state index in [2.05, 4.69) is 5.32 Å². The molecule has 0 bridgehead atoms. The van der Waals surface area contributed by atoms with E-state index in [1.54, 1.807) is 6.07 Å². The van der Waals surface area contributed by atoms with Gasteiger partial charge in [-0.15, -0.1) is 0 Å². The normalized spacial score (nSPS) is 13.8. The van der Waals surface area contributed by atoms with Crippen LogP contribution in [-0.2, 0) is 21.1 Å². The molecule has 112 valence electrons. The van der Waals surface area contributed by atoms with Crippen LogP contribution in [0.25, 0.3) is 0 Å². The van der Waals surface area contributed by atoms with Crippen LogP contribution < -0.4 is 5.32 Å². The van der Waals surface area contributed by atoms with E-state index in [9.17, 15) is 13.2 Å². The number of nitrogens with one attached hydrogen (secondary N) is 1. The van der Waals surface area contributed by atoms with E-state index >= 15 is 0 Å². The van der Waals surface area contributed by atoms with Gasteiger partial charge < -0.3 is 5.32 Å². The molecular weight excluding hydrogens is 298 g/mol. The van der Waals surface area contributed by atoms with Crippen LogP contribution >= 0.6 is 11.6 Å². The Balaban J connectivity index is 2.72. The van der Waals surface area contributed by atoms with Crippen LogP contribution in [0.1, 0.15) is 26.3 Å². The van der Waals surface area contributed by atoms with Crippen LogP contribution in [0.5, 0.6) is 0 Å². The van der Waals surface area contributed by atoms with Crippen molar-refractivity contribution < 1.29 is 13.2 Å². The Morgan fingerprint density at radius 1 is 1.40 bits per heavy atom. The molecule has 0 aromatic heterocycles. The van der Waals surface area contributed by atoms with E-state index in [0.717, 1.165) is 11.8 Å². The molecule has 1 aromatic rings. The van der Waals surface area contributed by atoms with Crippen LogP contribution in [0.2, 0.25) is 5.02 Å². The average molecular weight is 318 g/mol. The Kier molecular flexibility index (Phi) is 5.21. The van der Waals surface area contributed by atoms with E-state index < -0.39 is 20.5 Å². The van der Waals surface area contributed by atoms with Crippen molar-refractivity contribution >= 4 is 27.3 Å². The van der Waals surface area contributed by atoms with E-state index in [1.165, 1.54) is 13.8 Å². The van der Waals surface area contributed by atoms with Crippen LogP contribution in [0.3, 0.4) is 0 Å². The van der Waals surface area contributed by atoms with Crippen molar-refractivity contribution in [1.29, 1.82) is 0 Å². The largest absolute Gasteiger partial charge is 0.352 e. The number of carbonyl (C=O) groups is 1. The summed E-state index contributed by atoms with van der Waals surface area (Å²) in [6.45, 7) is 4.64. The second kappa shape index (κ2) is 6.14. The van der Waals surface area contributed by atoms with Gasteiger partial charge in [0, 0.05) is 17.3 Å². The maximum Gasteiger partial charge on any atom is 0.241 e. The molecule has 0 aliphatic heterocycles. The number of carbonyl (C=O) groups excluding carboxylic acids is 1. The van der Waals surface area contributed by atoms with Gasteiger partial charge in [0.25, 0.3) is 0 Å². The lowest BCUT2D eigenvalue weighted by molar-refractivity contribution is -0.123. The monoisotopic (exact) mass is 317 g/mol.